The number of carbonyl (C=O) groups excluding carboxylic acids is 2. The van der Waals surface area contributed by atoms with Crippen molar-refractivity contribution in [3.05, 3.63) is 59.9 Å². The summed E-state index contributed by atoms with van der Waals surface area (Å²) in [6, 6.07) is 9.58. The van der Waals surface area contributed by atoms with Crippen LogP contribution in [0.25, 0.3) is 0 Å². The SMILES string of the molecule is O=C(NC1CCN(C(=O)c2cccc(S(=O)(=O)NCC3CC3)c2)CC1)c1cccnc1. The van der Waals surface area contributed by atoms with Gasteiger partial charge in [-0.15, -0.1) is 0 Å². The molecule has 2 aromatic rings. The molecule has 0 atom stereocenters. The van der Waals surface area contributed by atoms with Gasteiger partial charge < -0.3 is 10.2 Å². The van der Waals surface area contributed by atoms with Gasteiger partial charge in [-0.05, 0) is 61.9 Å². The summed E-state index contributed by atoms with van der Waals surface area (Å²) in [5, 5.41) is 2.99. The summed E-state index contributed by atoms with van der Waals surface area (Å²) in [6.45, 7) is 1.43. The fourth-order valence-corrected chi connectivity index (χ4v) is 4.77. The van der Waals surface area contributed by atoms with Crippen molar-refractivity contribution in [1.29, 1.82) is 0 Å². The molecule has 0 radical (unpaired) electrons. The van der Waals surface area contributed by atoms with Crippen LogP contribution in [0.5, 0.6) is 0 Å². The largest absolute Gasteiger partial charge is 0.349 e. The number of rotatable bonds is 7. The molecule has 2 aliphatic rings. The Balaban J connectivity index is 1.33. The van der Waals surface area contributed by atoms with Gasteiger partial charge in [0.1, 0.15) is 0 Å². The highest BCUT2D eigenvalue weighted by Gasteiger charge is 2.27. The highest BCUT2D eigenvalue weighted by atomic mass is 32.2. The van der Waals surface area contributed by atoms with E-state index in [9.17, 15) is 18.0 Å². The maximum atomic E-state index is 12.9. The molecule has 0 unspecified atom stereocenters. The van der Waals surface area contributed by atoms with E-state index >= 15 is 0 Å². The fourth-order valence-electron chi connectivity index (χ4n) is 3.60. The third-order valence-electron chi connectivity index (χ3n) is 5.69. The third-order valence-corrected chi connectivity index (χ3v) is 7.11. The predicted molar refractivity (Wildman–Crippen MR) is 115 cm³/mol. The van der Waals surface area contributed by atoms with Gasteiger partial charge in [0.05, 0.1) is 10.5 Å². The van der Waals surface area contributed by atoms with E-state index in [1.807, 2.05) is 0 Å². The van der Waals surface area contributed by atoms with Crippen LogP contribution in [0.15, 0.2) is 53.7 Å². The summed E-state index contributed by atoms with van der Waals surface area (Å²) in [4.78, 5) is 31.0. The quantitative estimate of drug-likeness (QED) is 0.680. The molecule has 4 rings (SSSR count). The summed E-state index contributed by atoms with van der Waals surface area (Å²) in [5.74, 6) is 0.0605. The van der Waals surface area contributed by atoms with E-state index in [0.29, 0.717) is 49.5 Å². The lowest BCUT2D eigenvalue weighted by Gasteiger charge is -2.32. The number of aromatic nitrogens is 1. The Morgan fingerprint density at radius 2 is 1.77 bits per heavy atom. The average Bonchev–Trinajstić information content (AvgIpc) is 3.63. The van der Waals surface area contributed by atoms with E-state index in [2.05, 4.69) is 15.0 Å². The van der Waals surface area contributed by atoms with E-state index in [1.165, 1.54) is 18.3 Å². The number of nitrogens with zero attached hydrogens (tertiary/aromatic N) is 2. The minimum absolute atomic E-state index is 0.0184. The van der Waals surface area contributed by atoms with Crippen LogP contribution < -0.4 is 10.0 Å². The zero-order valence-corrected chi connectivity index (χ0v) is 18.0. The molecule has 2 N–H and O–H groups in total. The Morgan fingerprint density at radius 3 is 2.45 bits per heavy atom. The molecule has 31 heavy (non-hydrogen) atoms. The van der Waals surface area contributed by atoms with Crippen LogP contribution in [-0.2, 0) is 10.0 Å². The number of likely N-dealkylation sites (tertiary alicyclic amines) is 1. The highest BCUT2D eigenvalue weighted by molar-refractivity contribution is 7.89. The lowest BCUT2D eigenvalue weighted by atomic mass is 10.0. The molecule has 2 amide bonds. The topological polar surface area (TPSA) is 108 Å². The second-order valence-corrected chi connectivity index (χ2v) is 9.87. The number of sulfonamides is 1. The molecule has 1 aliphatic carbocycles. The lowest BCUT2D eigenvalue weighted by Crippen LogP contribution is -2.46. The van der Waals surface area contributed by atoms with Crippen molar-refractivity contribution < 1.29 is 18.0 Å². The normalized spacial score (nSPS) is 17.4. The van der Waals surface area contributed by atoms with Crippen molar-refractivity contribution in [2.45, 2.75) is 36.6 Å². The molecule has 1 aromatic carbocycles. The van der Waals surface area contributed by atoms with Crippen molar-refractivity contribution in [1.82, 2.24) is 19.9 Å². The number of amides is 2. The van der Waals surface area contributed by atoms with Crippen LogP contribution in [0.3, 0.4) is 0 Å². The average molecular weight is 443 g/mol. The van der Waals surface area contributed by atoms with E-state index < -0.39 is 10.0 Å². The van der Waals surface area contributed by atoms with Crippen molar-refractivity contribution >= 4 is 21.8 Å². The fraction of sp³-hybridized carbons (Fsp3) is 0.409. The maximum absolute atomic E-state index is 12.9. The first-order valence-electron chi connectivity index (χ1n) is 10.5. The predicted octanol–water partition coefficient (Wildman–Crippen LogP) is 1.80. The Labute approximate surface area is 182 Å². The van der Waals surface area contributed by atoms with Crippen molar-refractivity contribution in [2.75, 3.05) is 19.6 Å². The summed E-state index contributed by atoms with van der Waals surface area (Å²) < 4.78 is 27.6. The zero-order chi connectivity index (χ0) is 21.8. The van der Waals surface area contributed by atoms with Crippen LogP contribution in [0, 0.1) is 5.92 Å². The highest BCUT2D eigenvalue weighted by Crippen LogP contribution is 2.28. The Bertz CT molecular complexity index is 1050. The van der Waals surface area contributed by atoms with Gasteiger partial charge in [0, 0.05) is 43.6 Å². The molecule has 0 spiro atoms. The molecule has 2 fully saturated rings. The number of hydrogen-bond acceptors (Lipinski definition) is 5. The molecule has 1 aliphatic heterocycles. The van der Waals surface area contributed by atoms with Gasteiger partial charge in [0.2, 0.25) is 10.0 Å². The Hall–Kier alpha value is -2.78. The van der Waals surface area contributed by atoms with Crippen molar-refractivity contribution in [2.24, 2.45) is 5.92 Å². The molecule has 0 bridgehead atoms. The maximum Gasteiger partial charge on any atom is 0.253 e. The summed E-state index contributed by atoms with van der Waals surface area (Å²) >= 11 is 0. The monoisotopic (exact) mass is 442 g/mol. The van der Waals surface area contributed by atoms with Crippen molar-refractivity contribution in [3.63, 3.8) is 0 Å². The standard InChI is InChI=1S/C22H26N4O4S/c27-21(18-4-2-10-23-15-18)25-19-8-11-26(12-9-19)22(28)17-3-1-5-20(13-17)31(29,30)24-14-16-6-7-16/h1-5,10,13,15-16,19,24H,6-9,11-12,14H2,(H,25,27). The lowest BCUT2D eigenvalue weighted by molar-refractivity contribution is 0.0698. The molecule has 1 saturated carbocycles. The molecule has 1 saturated heterocycles. The van der Waals surface area contributed by atoms with Gasteiger partial charge in [-0.1, -0.05) is 6.07 Å². The zero-order valence-electron chi connectivity index (χ0n) is 17.2. The van der Waals surface area contributed by atoms with Crippen LogP contribution in [0.1, 0.15) is 46.4 Å². The van der Waals surface area contributed by atoms with Gasteiger partial charge in [-0.2, -0.15) is 0 Å². The van der Waals surface area contributed by atoms with Crippen LogP contribution >= 0.6 is 0 Å². The number of pyridine rings is 1. The summed E-state index contributed by atoms with van der Waals surface area (Å²) in [6.07, 6.45) is 6.52. The first-order valence-corrected chi connectivity index (χ1v) is 12.0. The number of hydrogen-bond donors (Lipinski definition) is 2. The number of piperidine rings is 1. The van der Waals surface area contributed by atoms with Crippen LogP contribution in [-0.4, -0.2) is 55.8 Å². The smallest absolute Gasteiger partial charge is 0.253 e. The molecular formula is C22H26N4O4S. The van der Waals surface area contributed by atoms with Gasteiger partial charge >= 0.3 is 0 Å². The molecule has 8 nitrogen and oxygen atoms in total. The van der Waals surface area contributed by atoms with Gasteiger partial charge in [-0.25, -0.2) is 13.1 Å². The van der Waals surface area contributed by atoms with Crippen LogP contribution in [0.4, 0.5) is 0 Å². The van der Waals surface area contributed by atoms with Crippen molar-refractivity contribution in [3.8, 4) is 0 Å². The number of benzene rings is 1. The number of nitrogens with one attached hydrogen (secondary N) is 2. The Kier molecular flexibility index (Phi) is 6.33. The summed E-state index contributed by atoms with van der Waals surface area (Å²) in [7, 11) is -3.62. The second-order valence-electron chi connectivity index (χ2n) is 8.10. The first kappa shape index (κ1) is 21.5. The first-order chi connectivity index (χ1) is 14.9. The second kappa shape index (κ2) is 9.15. The van der Waals surface area contributed by atoms with E-state index in [1.54, 1.807) is 35.4 Å². The van der Waals surface area contributed by atoms with E-state index in [-0.39, 0.29) is 22.8 Å². The van der Waals surface area contributed by atoms with Gasteiger partial charge in [0.15, 0.2) is 0 Å². The molecule has 2 heterocycles. The molecular weight excluding hydrogens is 416 g/mol. The van der Waals surface area contributed by atoms with Gasteiger partial charge in [0.25, 0.3) is 11.8 Å². The number of carbonyl (C=O) groups is 2. The molecule has 1 aromatic heterocycles. The molecule has 164 valence electrons. The Morgan fingerprint density at radius 1 is 1.03 bits per heavy atom. The van der Waals surface area contributed by atoms with Crippen LogP contribution in [0.2, 0.25) is 0 Å². The molecule has 9 heteroatoms. The summed E-state index contributed by atoms with van der Waals surface area (Å²) in [5.41, 5.74) is 0.862. The van der Waals surface area contributed by atoms with E-state index in [0.717, 1.165) is 12.8 Å². The minimum Gasteiger partial charge on any atom is -0.349 e. The van der Waals surface area contributed by atoms with Gasteiger partial charge in [-0.3, -0.25) is 14.6 Å². The minimum atomic E-state index is -3.62. The third kappa shape index (κ3) is 5.48. The van der Waals surface area contributed by atoms with E-state index in [4.69, 9.17) is 0 Å².